The van der Waals surface area contributed by atoms with Crippen LogP contribution < -0.4 is 19.8 Å². The van der Waals surface area contributed by atoms with Crippen LogP contribution in [0.3, 0.4) is 0 Å². The van der Waals surface area contributed by atoms with E-state index in [1.807, 2.05) is 73.9 Å². The number of carbonyl (C=O) groups excluding carboxylic acids is 1. The van der Waals surface area contributed by atoms with Gasteiger partial charge in [-0.15, -0.1) is 11.8 Å². The number of sulfone groups is 1. The van der Waals surface area contributed by atoms with Crippen LogP contribution in [0.25, 0.3) is 22.4 Å². The van der Waals surface area contributed by atoms with Crippen LogP contribution >= 0.6 is 31.0 Å². The Balaban J connectivity index is 0.897. The lowest BCUT2D eigenvalue weighted by molar-refractivity contribution is -0.148. The van der Waals surface area contributed by atoms with Crippen LogP contribution in [0.2, 0.25) is 5.02 Å². The number of sulfonamides is 1. The molecule has 21 heteroatoms. The molecule has 0 unspecified atom stereocenters. The minimum absolute atomic E-state index is 0.0175. The van der Waals surface area contributed by atoms with Crippen LogP contribution in [-0.4, -0.2) is 118 Å². The molecule has 406 valence electrons. The van der Waals surface area contributed by atoms with E-state index >= 15 is 4.39 Å². The molecule has 0 spiro atoms. The topological polar surface area (TPSA) is 191 Å². The van der Waals surface area contributed by atoms with E-state index in [0.717, 1.165) is 46.1 Å². The molecule has 0 amide bonds. The number of carbonyl (C=O) groups is 1. The molecule has 2 fully saturated rings. The number of hydrogen-bond acceptors (Lipinski definition) is 12. The molecule has 6 aromatic rings. The second-order valence-corrected chi connectivity index (χ2v) is 26.6. The van der Waals surface area contributed by atoms with Crippen LogP contribution in [0.4, 0.5) is 27.1 Å². The van der Waals surface area contributed by atoms with Gasteiger partial charge in [0.25, 0.3) is 10.0 Å². The fraction of sp³-hybridized carbons (Fsp3) is 0.364. The van der Waals surface area contributed by atoms with E-state index in [9.17, 15) is 26.2 Å². The molecule has 0 saturated carbocycles. The van der Waals surface area contributed by atoms with Gasteiger partial charge in [-0.2, -0.15) is 0 Å². The first-order chi connectivity index (χ1) is 36.0. The van der Waals surface area contributed by atoms with Gasteiger partial charge in [-0.3, -0.25) is 14.1 Å². The molecular formula is C55H65ClFN6O9PS3. The van der Waals surface area contributed by atoms with E-state index < -0.39 is 45.4 Å². The van der Waals surface area contributed by atoms with E-state index in [2.05, 4.69) is 36.9 Å². The molecule has 4 N–H and O–H groups in total. The number of piperazine rings is 1. The number of aromatic nitrogens is 1. The average molecular weight is 1140 g/mol. The van der Waals surface area contributed by atoms with Gasteiger partial charge in [0, 0.05) is 114 Å². The summed E-state index contributed by atoms with van der Waals surface area (Å²) < 4.78 is 91.7. The number of aryl methyl sites for hydroxylation is 1. The van der Waals surface area contributed by atoms with Crippen molar-refractivity contribution in [1.29, 1.82) is 0 Å². The lowest BCUT2D eigenvalue weighted by atomic mass is 9.99. The van der Waals surface area contributed by atoms with Gasteiger partial charge in [0.05, 0.1) is 15.5 Å². The van der Waals surface area contributed by atoms with Crippen molar-refractivity contribution in [3.63, 3.8) is 0 Å². The van der Waals surface area contributed by atoms with Crippen molar-refractivity contribution in [3.8, 4) is 22.4 Å². The Kier molecular flexibility index (Phi) is 18.0. The molecule has 1 aromatic heterocycles. The Morgan fingerprint density at radius 3 is 2.08 bits per heavy atom. The third-order valence-corrected chi connectivity index (χ3v) is 18.4. The van der Waals surface area contributed by atoms with Gasteiger partial charge in [0.2, 0.25) is 0 Å². The number of esters is 1. The molecule has 2 saturated heterocycles. The molecular weight excluding hydrogens is 1070 g/mol. The number of nitrogens with zero attached hydrogens (tertiary/aromatic N) is 4. The lowest BCUT2D eigenvalue weighted by Gasteiger charge is -2.37. The Morgan fingerprint density at radius 1 is 0.829 bits per heavy atom. The maximum Gasteiger partial charge on any atom is 0.336 e. The van der Waals surface area contributed by atoms with E-state index in [1.165, 1.54) is 18.4 Å². The summed E-state index contributed by atoms with van der Waals surface area (Å²) in [6, 6.07) is 34.2. The fourth-order valence-corrected chi connectivity index (χ4v) is 14.0. The smallest absolute Gasteiger partial charge is 0.336 e. The third-order valence-electron chi connectivity index (χ3n) is 13.7. The first-order valence-corrected chi connectivity index (χ1v) is 31.7. The Morgan fingerprint density at radius 2 is 1.47 bits per heavy atom. The predicted octanol–water partition coefficient (Wildman–Crippen LogP) is 10.5. The van der Waals surface area contributed by atoms with Gasteiger partial charge >= 0.3 is 13.6 Å². The molecule has 0 bridgehead atoms. The number of thioether (sulfide) groups is 1. The molecule has 2 aliphatic heterocycles. The van der Waals surface area contributed by atoms with Crippen molar-refractivity contribution >= 4 is 79.5 Å². The highest BCUT2D eigenvalue weighted by atomic mass is 35.5. The van der Waals surface area contributed by atoms with Crippen molar-refractivity contribution in [2.75, 3.05) is 83.8 Å². The molecule has 76 heavy (non-hydrogen) atoms. The van der Waals surface area contributed by atoms with Crippen LogP contribution in [0, 0.1) is 19.7 Å². The first-order valence-electron chi connectivity index (χ1n) is 25.2. The van der Waals surface area contributed by atoms with Crippen molar-refractivity contribution in [2.24, 2.45) is 0 Å². The molecule has 5 aromatic carbocycles. The zero-order valence-corrected chi connectivity index (χ0v) is 47.3. The number of anilines is 4. The number of rotatable bonds is 20. The van der Waals surface area contributed by atoms with Crippen molar-refractivity contribution < 1.29 is 45.1 Å². The quantitative estimate of drug-likeness (QED) is 0.0321. The second-order valence-electron chi connectivity index (χ2n) is 19.8. The summed E-state index contributed by atoms with van der Waals surface area (Å²) in [5.41, 5.74) is 6.43. The maximum absolute atomic E-state index is 15.8. The van der Waals surface area contributed by atoms with Crippen molar-refractivity contribution in [3.05, 3.63) is 137 Å². The van der Waals surface area contributed by atoms with E-state index in [4.69, 9.17) is 26.1 Å². The first kappa shape index (κ1) is 56.8. The van der Waals surface area contributed by atoms with Gasteiger partial charge in [-0.05, 0) is 149 Å². The number of halogens is 2. The van der Waals surface area contributed by atoms with Crippen LogP contribution in [0.5, 0.6) is 0 Å². The maximum atomic E-state index is 15.8. The second kappa shape index (κ2) is 24.1. The normalized spacial score (nSPS) is 15.5. The molecule has 0 aliphatic carbocycles. The van der Waals surface area contributed by atoms with Crippen molar-refractivity contribution in [1.82, 2.24) is 9.47 Å². The summed E-state index contributed by atoms with van der Waals surface area (Å²) in [5, 5.41) is 4.21. The minimum atomic E-state index is -4.49. The highest BCUT2D eigenvalue weighted by Gasteiger charge is 2.31. The zero-order chi connectivity index (χ0) is 54.5. The number of benzene rings is 5. The molecule has 1 atom stereocenters. The summed E-state index contributed by atoms with van der Waals surface area (Å²) >= 11 is 7.99. The van der Waals surface area contributed by atoms with Crippen LogP contribution in [-0.2, 0) is 34.0 Å². The lowest BCUT2D eigenvalue weighted by Crippen LogP contribution is -2.46. The Bertz CT molecular complexity index is 3290. The van der Waals surface area contributed by atoms with Gasteiger partial charge in [0.1, 0.15) is 18.1 Å². The van der Waals surface area contributed by atoms with Crippen molar-refractivity contribution in [2.45, 2.75) is 79.8 Å². The van der Waals surface area contributed by atoms with Crippen LogP contribution in [0.1, 0.15) is 50.4 Å². The summed E-state index contributed by atoms with van der Waals surface area (Å²) in [6.45, 7) is 12.0. The molecule has 8 rings (SSSR count). The standard InChI is InChI=1S/C55H65ClFN6O9PS3/c1-37(2)63-39(4)55(75(5,68)69)53(54(63)40-11-13-42(56)14-12-40)41-32-43(57)34-47(33-41)62-29-27-61(28-30-62)46-17-15-44(16-18-46)59-76(70,71)50-19-20-51(38(3)31-50)58-45(36-74-49-9-7-6-8-10-49)21-24-60-25-22-48(23-26-60)72-52(64)35-73(65,66)67/h6-20,31-34,37,45,48,58-59H,21-30,35-36H2,1-5H3,(H2,65,66,67)/t45-/m1/s1. The monoisotopic (exact) mass is 1130 g/mol. The van der Waals surface area contributed by atoms with E-state index in [-0.39, 0.29) is 28.0 Å². The van der Waals surface area contributed by atoms with Gasteiger partial charge in [-0.25, -0.2) is 21.2 Å². The highest BCUT2D eigenvalue weighted by molar-refractivity contribution is 7.99. The fourth-order valence-electron chi connectivity index (χ4n) is 10.1. The predicted molar refractivity (Wildman–Crippen MR) is 303 cm³/mol. The van der Waals surface area contributed by atoms with E-state index in [1.54, 1.807) is 61.2 Å². The molecule has 15 nitrogen and oxygen atoms in total. The molecule has 2 aliphatic rings. The summed E-state index contributed by atoms with van der Waals surface area (Å²) in [7, 11) is -12.2. The summed E-state index contributed by atoms with van der Waals surface area (Å²) in [6.07, 6.45) is 1.79. The SMILES string of the molecule is Cc1cc(S(=O)(=O)Nc2ccc(N3CCN(c4cc(F)cc(-c5c(S(C)(=O)=O)c(C)n(C(C)C)c5-c5ccc(Cl)cc5)c4)CC3)cc2)ccc1N[C@H](CCN1CCC(OC(=O)CP(=O)(O)O)CC1)CSc1ccccc1. The Labute approximate surface area is 454 Å². The minimum Gasteiger partial charge on any atom is -0.462 e. The summed E-state index contributed by atoms with van der Waals surface area (Å²) in [5.74, 6) is -0.621. The average Bonchev–Trinajstić information content (AvgIpc) is 3.71. The van der Waals surface area contributed by atoms with Gasteiger partial charge in [0.15, 0.2) is 9.84 Å². The number of nitrogens with one attached hydrogen (secondary N) is 2. The van der Waals surface area contributed by atoms with Crippen LogP contribution in [0.15, 0.2) is 130 Å². The number of hydrogen-bond donors (Lipinski definition) is 4. The zero-order valence-electron chi connectivity index (χ0n) is 43.2. The van der Waals surface area contributed by atoms with Gasteiger partial charge < -0.3 is 39.1 Å². The largest absolute Gasteiger partial charge is 0.462 e. The Hall–Kier alpha value is -5.37. The number of ether oxygens (including phenoxy) is 1. The summed E-state index contributed by atoms with van der Waals surface area (Å²) in [4.78, 5) is 38.2. The number of likely N-dealkylation sites (tertiary alicyclic amines) is 1. The number of piperidine rings is 1. The molecule has 3 heterocycles. The van der Waals surface area contributed by atoms with E-state index in [0.29, 0.717) is 91.0 Å². The highest BCUT2D eigenvalue weighted by Crippen LogP contribution is 2.45. The van der Waals surface area contributed by atoms with Gasteiger partial charge in [-0.1, -0.05) is 41.9 Å². The third kappa shape index (κ3) is 14.4. The molecule has 0 radical (unpaired) electrons.